The average molecular weight is 510 g/mol. The number of hydrogen-bond acceptors (Lipinski definition) is 9. The maximum absolute atomic E-state index is 14.4. The molecule has 0 radical (unpaired) electrons. The summed E-state index contributed by atoms with van der Waals surface area (Å²) in [4.78, 5) is 22.7. The van der Waals surface area contributed by atoms with Crippen molar-refractivity contribution in [3.63, 3.8) is 0 Å². The molecule has 1 aliphatic carbocycles. The maximum atomic E-state index is 14.4. The molecule has 4 aromatic rings. The molecule has 6 rings (SSSR count). The third kappa shape index (κ3) is 4.73. The molecule has 10 heteroatoms. The minimum Gasteiger partial charge on any atom is -0.366 e. The Balaban J connectivity index is 1.40. The van der Waals surface area contributed by atoms with Crippen LogP contribution >= 0.6 is 0 Å². The monoisotopic (exact) mass is 509 g/mol. The molecule has 0 aromatic carbocycles. The van der Waals surface area contributed by atoms with Gasteiger partial charge in [-0.25, -0.2) is 24.3 Å². The maximum Gasteiger partial charge on any atom is 0.167 e. The fraction of sp³-hybridized carbons (Fsp3) is 0.357. The van der Waals surface area contributed by atoms with Gasteiger partial charge in [0.15, 0.2) is 17.5 Å². The van der Waals surface area contributed by atoms with E-state index in [1.807, 2.05) is 18.3 Å². The molecule has 1 aliphatic heterocycles. The molecule has 1 atom stereocenters. The van der Waals surface area contributed by atoms with Crippen LogP contribution in [0.4, 0.5) is 21.8 Å². The molecule has 2 aliphatic rings. The second-order valence-electron chi connectivity index (χ2n) is 10.7. The summed E-state index contributed by atoms with van der Waals surface area (Å²) < 4.78 is 14.4. The third-order valence-electron chi connectivity index (χ3n) is 7.33. The van der Waals surface area contributed by atoms with E-state index in [0.717, 1.165) is 60.7 Å². The first kappa shape index (κ1) is 24.1. The van der Waals surface area contributed by atoms with Crippen LogP contribution in [0.2, 0.25) is 0 Å². The highest BCUT2D eigenvalue weighted by Gasteiger charge is 2.34. The van der Waals surface area contributed by atoms with Crippen LogP contribution in [0.15, 0.2) is 43.0 Å². The van der Waals surface area contributed by atoms with Crippen molar-refractivity contribution in [3.05, 3.63) is 59.9 Å². The summed E-state index contributed by atoms with van der Waals surface area (Å²) in [5, 5.41) is 20.2. The van der Waals surface area contributed by atoms with Gasteiger partial charge in [-0.3, -0.25) is 4.98 Å². The van der Waals surface area contributed by atoms with E-state index in [1.165, 1.54) is 11.8 Å². The molecular weight excluding hydrogens is 481 g/mol. The van der Waals surface area contributed by atoms with Crippen molar-refractivity contribution >= 4 is 28.4 Å². The van der Waals surface area contributed by atoms with Crippen LogP contribution in [0, 0.1) is 22.6 Å². The first-order valence-electron chi connectivity index (χ1n) is 12.8. The Morgan fingerprint density at radius 3 is 2.71 bits per heavy atom. The zero-order chi connectivity index (χ0) is 26.3. The van der Waals surface area contributed by atoms with Gasteiger partial charge in [0.25, 0.3) is 0 Å². The van der Waals surface area contributed by atoms with Crippen molar-refractivity contribution in [1.82, 2.24) is 30.2 Å². The van der Waals surface area contributed by atoms with Crippen LogP contribution in [0.5, 0.6) is 0 Å². The topological polar surface area (TPSA) is 124 Å². The highest BCUT2D eigenvalue weighted by molar-refractivity contribution is 5.93. The van der Waals surface area contributed by atoms with E-state index in [9.17, 15) is 4.39 Å². The number of anilines is 3. The van der Waals surface area contributed by atoms with Gasteiger partial charge in [0.05, 0.1) is 17.3 Å². The lowest BCUT2D eigenvalue weighted by Crippen LogP contribution is -2.49. The average Bonchev–Trinajstić information content (AvgIpc) is 3.76. The summed E-state index contributed by atoms with van der Waals surface area (Å²) >= 11 is 0. The number of piperidine rings is 1. The Morgan fingerprint density at radius 1 is 1.08 bits per heavy atom. The van der Waals surface area contributed by atoms with E-state index in [2.05, 4.69) is 44.7 Å². The van der Waals surface area contributed by atoms with Gasteiger partial charge in [0.1, 0.15) is 17.7 Å². The van der Waals surface area contributed by atoms with Crippen LogP contribution in [0.3, 0.4) is 0 Å². The summed E-state index contributed by atoms with van der Waals surface area (Å²) in [6.45, 7) is 6.41. The van der Waals surface area contributed by atoms with E-state index in [4.69, 9.17) is 15.2 Å². The van der Waals surface area contributed by atoms with Crippen LogP contribution in [0.1, 0.15) is 50.2 Å². The summed E-state index contributed by atoms with van der Waals surface area (Å²) in [5.74, 6) is 1.59. The van der Waals surface area contributed by atoms with Crippen molar-refractivity contribution < 1.29 is 4.39 Å². The molecule has 3 N–H and O–H groups in total. The largest absolute Gasteiger partial charge is 0.366 e. The zero-order valence-corrected chi connectivity index (χ0v) is 21.3. The number of pyridine rings is 3. The van der Waals surface area contributed by atoms with Crippen LogP contribution in [0.25, 0.3) is 22.3 Å². The highest BCUT2D eigenvalue weighted by atomic mass is 19.1. The van der Waals surface area contributed by atoms with Gasteiger partial charge in [0.2, 0.25) is 0 Å². The molecular formula is C28H28FN9. The Labute approximate surface area is 220 Å². The zero-order valence-electron chi connectivity index (χ0n) is 21.3. The first-order chi connectivity index (χ1) is 18.4. The molecule has 1 saturated carbocycles. The molecule has 9 nitrogen and oxygen atoms in total. The Hall–Kier alpha value is -4.23. The van der Waals surface area contributed by atoms with Crippen molar-refractivity contribution in [2.45, 2.75) is 45.1 Å². The summed E-state index contributed by atoms with van der Waals surface area (Å²) in [6, 6.07) is 6.85. The van der Waals surface area contributed by atoms with Gasteiger partial charge < -0.3 is 16.0 Å². The van der Waals surface area contributed by atoms with E-state index >= 15 is 0 Å². The van der Waals surface area contributed by atoms with Gasteiger partial charge in [-0.2, -0.15) is 5.26 Å². The van der Waals surface area contributed by atoms with Crippen LogP contribution in [-0.2, 0) is 0 Å². The highest BCUT2D eigenvalue weighted by Crippen LogP contribution is 2.44. The number of hydrogen-bond donors (Lipinski definition) is 3. The van der Waals surface area contributed by atoms with Crippen molar-refractivity contribution in [2.24, 2.45) is 5.41 Å². The summed E-state index contributed by atoms with van der Waals surface area (Å²) in [5.41, 5.74) is 2.91. The van der Waals surface area contributed by atoms with E-state index in [0.29, 0.717) is 17.6 Å². The predicted octanol–water partition coefficient (Wildman–Crippen LogP) is 4.91. The van der Waals surface area contributed by atoms with Crippen LogP contribution in [-0.4, -0.2) is 44.1 Å². The number of fused-ring (bicyclic) bond motifs is 1. The van der Waals surface area contributed by atoms with Gasteiger partial charge >= 0.3 is 0 Å². The number of nitriles is 1. The molecule has 38 heavy (non-hydrogen) atoms. The number of nitrogens with one attached hydrogen (secondary N) is 3. The standard InChI is InChI=1S/C28H28FN9/c1-28(2)15-31-7-6-22(28)36-27-24-19(17-3-4-17)13-32-14-21(24)35-25(38-27)18-5-8-33-23(10-18)37-26-20(29)9-16(11-30)12-34-26/h5,8-10,12-14,17,22,31H,3-4,6-7,15H2,1-2H3,(H,33,34,37)(H,35,36,38)/t22-/m0/s1. The normalized spacial score (nSPS) is 18.6. The van der Waals surface area contributed by atoms with Crippen molar-refractivity contribution in [2.75, 3.05) is 23.7 Å². The second kappa shape index (κ2) is 9.58. The molecule has 5 heterocycles. The quantitative estimate of drug-likeness (QED) is 0.332. The minimum absolute atomic E-state index is 0.0122. The van der Waals surface area contributed by atoms with Gasteiger partial charge in [0, 0.05) is 42.1 Å². The summed E-state index contributed by atoms with van der Waals surface area (Å²) in [7, 11) is 0. The molecule has 0 spiro atoms. The van der Waals surface area contributed by atoms with Gasteiger partial charge in [-0.15, -0.1) is 0 Å². The fourth-order valence-electron chi connectivity index (χ4n) is 5.00. The van der Waals surface area contributed by atoms with Gasteiger partial charge in [-0.1, -0.05) is 13.8 Å². The fourth-order valence-corrected chi connectivity index (χ4v) is 5.00. The second-order valence-corrected chi connectivity index (χ2v) is 10.7. The molecule has 4 aromatic heterocycles. The number of halogens is 1. The van der Waals surface area contributed by atoms with E-state index < -0.39 is 5.82 Å². The minimum atomic E-state index is -0.632. The molecule has 0 unspecified atom stereocenters. The lowest BCUT2D eigenvalue weighted by atomic mass is 9.80. The number of rotatable bonds is 6. The lowest BCUT2D eigenvalue weighted by molar-refractivity contribution is 0.236. The van der Waals surface area contributed by atoms with E-state index in [1.54, 1.807) is 18.5 Å². The Bertz CT molecular complexity index is 1560. The first-order valence-corrected chi connectivity index (χ1v) is 12.8. The molecule has 2 fully saturated rings. The van der Waals surface area contributed by atoms with Crippen LogP contribution < -0.4 is 16.0 Å². The molecule has 0 amide bonds. The van der Waals surface area contributed by atoms with Gasteiger partial charge in [-0.05, 0) is 60.9 Å². The Morgan fingerprint density at radius 2 is 1.95 bits per heavy atom. The third-order valence-corrected chi connectivity index (χ3v) is 7.33. The molecule has 1 saturated heterocycles. The smallest absolute Gasteiger partial charge is 0.167 e. The van der Waals surface area contributed by atoms with Crippen molar-refractivity contribution in [3.8, 4) is 17.5 Å². The van der Waals surface area contributed by atoms with Crippen molar-refractivity contribution in [1.29, 1.82) is 5.26 Å². The molecule has 192 valence electrons. The number of aromatic nitrogens is 5. The van der Waals surface area contributed by atoms with E-state index in [-0.39, 0.29) is 22.8 Å². The Kier molecular flexibility index (Phi) is 6.08. The summed E-state index contributed by atoms with van der Waals surface area (Å²) in [6.07, 6.45) is 9.97. The number of nitrogens with zero attached hydrogens (tertiary/aromatic N) is 6. The molecule has 0 bridgehead atoms. The predicted molar refractivity (Wildman–Crippen MR) is 143 cm³/mol. The lowest BCUT2D eigenvalue weighted by Gasteiger charge is -2.40. The SMILES string of the molecule is CC1(C)CNCC[C@@H]1Nc1nc(-c2ccnc(Nc3ncc(C#N)cc3F)c2)nc2cncc(C3CC3)c12.